The van der Waals surface area contributed by atoms with Crippen molar-refractivity contribution in [3.63, 3.8) is 0 Å². The van der Waals surface area contributed by atoms with Gasteiger partial charge in [-0.3, -0.25) is 9.59 Å². The van der Waals surface area contributed by atoms with Crippen LogP contribution in [-0.2, 0) is 16.1 Å². The number of likely N-dealkylation sites (tertiary alicyclic amines) is 1. The number of rotatable bonds is 4. The van der Waals surface area contributed by atoms with Crippen LogP contribution in [0.4, 0.5) is 0 Å². The molecule has 1 aromatic carbocycles. The Morgan fingerprint density at radius 1 is 1.33 bits per heavy atom. The SMILES string of the molecule is N#Cc1cccc(CNC(=O)CN2CCCCCC2=O)c1. The first-order valence-electron chi connectivity index (χ1n) is 7.22. The average molecular weight is 285 g/mol. The molecule has 0 aliphatic carbocycles. The zero-order chi connectivity index (χ0) is 15.1. The monoisotopic (exact) mass is 285 g/mol. The zero-order valence-electron chi connectivity index (χ0n) is 12.0. The number of nitrogens with one attached hydrogen (secondary N) is 1. The van der Waals surface area contributed by atoms with Gasteiger partial charge in [0.1, 0.15) is 0 Å². The maximum Gasteiger partial charge on any atom is 0.239 e. The molecule has 5 heteroatoms. The van der Waals surface area contributed by atoms with Crippen molar-refractivity contribution in [3.8, 4) is 6.07 Å². The summed E-state index contributed by atoms with van der Waals surface area (Å²) < 4.78 is 0. The molecule has 5 nitrogen and oxygen atoms in total. The third-order valence-corrected chi connectivity index (χ3v) is 3.55. The van der Waals surface area contributed by atoms with Crippen molar-refractivity contribution in [3.05, 3.63) is 35.4 Å². The van der Waals surface area contributed by atoms with Crippen LogP contribution in [0.5, 0.6) is 0 Å². The molecule has 0 atom stereocenters. The van der Waals surface area contributed by atoms with Crippen LogP contribution in [0.3, 0.4) is 0 Å². The van der Waals surface area contributed by atoms with E-state index in [0.29, 0.717) is 25.1 Å². The van der Waals surface area contributed by atoms with Crippen molar-refractivity contribution >= 4 is 11.8 Å². The van der Waals surface area contributed by atoms with Crippen LogP contribution < -0.4 is 5.32 Å². The largest absolute Gasteiger partial charge is 0.350 e. The Morgan fingerprint density at radius 2 is 2.19 bits per heavy atom. The maximum absolute atomic E-state index is 11.9. The Balaban J connectivity index is 1.84. The van der Waals surface area contributed by atoms with Crippen molar-refractivity contribution in [2.24, 2.45) is 0 Å². The fourth-order valence-electron chi connectivity index (χ4n) is 2.39. The second-order valence-corrected chi connectivity index (χ2v) is 5.21. The fraction of sp³-hybridized carbons (Fsp3) is 0.438. The summed E-state index contributed by atoms with van der Waals surface area (Å²) in [6.45, 7) is 1.16. The van der Waals surface area contributed by atoms with E-state index in [1.54, 1.807) is 23.1 Å². The molecular weight excluding hydrogens is 266 g/mol. The molecule has 1 fully saturated rings. The molecule has 0 aromatic heterocycles. The summed E-state index contributed by atoms with van der Waals surface area (Å²) in [5.74, 6) is -0.0956. The van der Waals surface area contributed by atoms with Gasteiger partial charge < -0.3 is 10.2 Å². The lowest BCUT2D eigenvalue weighted by molar-refractivity contribution is -0.135. The number of hydrogen-bond acceptors (Lipinski definition) is 3. The maximum atomic E-state index is 11.9. The van der Waals surface area contributed by atoms with Crippen LogP contribution in [0.1, 0.15) is 36.8 Å². The Labute approximate surface area is 124 Å². The molecule has 1 N–H and O–H groups in total. The van der Waals surface area contributed by atoms with E-state index in [1.807, 2.05) is 6.07 Å². The van der Waals surface area contributed by atoms with E-state index in [9.17, 15) is 9.59 Å². The van der Waals surface area contributed by atoms with Crippen LogP contribution >= 0.6 is 0 Å². The van der Waals surface area contributed by atoms with Gasteiger partial charge in [-0.2, -0.15) is 5.26 Å². The highest BCUT2D eigenvalue weighted by atomic mass is 16.2. The van der Waals surface area contributed by atoms with Crippen LogP contribution in [0, 0.1) is 11.3 Å². The smallest absolute Gasteiger partial charge is 0.239 e. The van der Waals surface area contributed by atoms with E-state index < -0.39 is 0 Å². The molecule has 2 rings (SSSR count). The van der Waals surface area contributed by atoms with Gasteiger partial charge in [-0.15, -0.1) is 0 Å². The Bertz CT molecular complexity index is 563. The fourth-order valence-corrected chi connectivity index (χ4v) is 2.39. The van der Waals surface area contributed by atoms with E-state index in [4.69, 9.17) is 5.26 Å². The number of benzene rings is 1. The van der Waals surface area contributed by atoms with Crippen molar-refractivity contribution in [1.29, 1.82) is 5.26 Å². The van der Waals surface area contributed by atoms with Crippen molar-refractivity contribution in [2.45, 2.75) is 32.2 Å². The van der Waals surface area contributed by atoms with Crippen LogP contribution in [0.2, 0.25) is 0 Å². The first kappa shape index (κ1) is 15.0. The number of nitrogens with zero attached hydrogens (tertiary/aromatic N) is 2. The Hall–Kier alpha value is -2.35. The summed E-state index contributed by atoms with van der Waals surface area (Å²) in [6, 6.07) is 9.19. The van der Waals surface area contributed by atoms with Gasteiger partial charge in [0.25, 0.3) is 0 Å². The average Bonchev–Trinajstić information content (AvgIpc) is 2.70. The molecule has 1 aliphatic rings. The quantitative estimate of drug-likeness (QED) is 0.912. The van der Waals surface area contributed by atoms with E-state index >= 15 is 0 Å². The topological polar surface area (TPSA) is 73.2 Å². The molecule has 1 aromatic rings. The first-order valence-corrected chi connectivity index (χ1v) is 7.22. The third kappa shape index (κ3) is 4.60. The van der Waals surface area contributed by atoms with Gasteiger partial charge in [0, 0.05) is 19.5 Å². The summed E-state index contributed by atoms with van der Waals surface area (Å²) in [4.78, 5) is 25.4. The predicted molar refractivity (Wildman–Crippen MR) is 78.1 cm³/mol. The lowest BCUT2D eigenvalue weighted by Gasteiger charge is -2.19. The molecule has 1 heterocycles. The van der Waals surface area contributed by atoms with Gasteiger partial charge in [-0.1, -0.05) is 18.6 Å². The summed E-state index contributed by atoms with van der Waals surface area (Å²) in [5, 5.41) is 11.6. The van der Waals surface area contributed by atoms with Gasteiger partial charge in [0.05, 0.1) is 18.2 Å². The highest BCUT2D eigenvalue weighted by molar-refractivity contribution is 5.84. The molecule has 0 bridgehead atoms. The highest BCUT2D eigenvalue weighted by Crippen LogP contribution is 2.10. The lowest BCUT2D eigenvalue weighted by Crippen LogP contribution is -2.40. The number of carbonyl (C=O) groups is 2. The second-order valence-electron chi connectivity index (χ2n) is 5.21. The molecule has 0 spiro atoms. The van der Waals surface area contributed by atoms with Gasteiger partial charge in [0.2, 0.25) is 11.8 Å². The Kier molecular flexibility index (Phi) is 5.33. The molecule has 0 saturated carbocycles. The molecule has 2 amide bonds. The molecule has 0 unspecified atom stereocenters. The number of amides is 2. The van der Waals surface area contributed by atoms with Crippen LogP contribution in [0.15, 0.2) is 24.3 Å². The van der Waals surface area contributed by atoms with Crippen molar-refractivity contribution < 1.29 is 9.59 Å². The minimum Gasteiger partial charge on any atom is -0.350 e. The van der Waals surface area contributed by atoms with E-state index in [0.717, 1.165) is 24.8 Å². The van der Waals surface area contributed by atoms with E-state index in [1.165, 1.54) is 0 Å². The number of carbonyl (C=O) groups excluding carboxylic acids is 2. The summed E-state index contributed by atoms with van der Waals surface area (Å²) in [5.41, 5.74) is 1.45. The number of hydrogen-bond donors (Lipinski definition) is 1. The minimum atomic E-state index is -0.160. The highest BCUT2D eigenvalue weighted by Gasteiger charge is 2.18. The molecular formula is C16H19N3O2. The van der Waals surface area contributed by atoms with Crippen molar-refractivity contribution in [2.75, 3.05) is 13.1 Å². The van der Waals surface area contributed by atoms with E-state index in [2.05, 4.69) is 11.4 Å². The molecule has 1 saturated heterocycles. The normalized spacial score (nSPS) is 15.2. The summed E-state index contributed by atoms with van der Waals surface area (Å²) in [6.07, 6.45) is 3.46. The van der Waals surface area contributed by atoms with Crippen molar-refractivity contribution in [1.82, 2.24) is 10.2 Å². The summed E-state index contributed by atoms with van der Waals surface area (Å²) >= 11 is 0. The van der Waals surface area contributed by atoms with Crippen LogP contribution in [-0.4, -0.2) is 29.8 Å². The lowest BCUT2D eigenvalue weighted by atomic mass is 10.1. The molecule has 0 radical (unpaired) electrons. The minimum absolute atomic E-state index is 0.0640. The van der Waals surface area contributed by atoms with E-state index in [-0.39, 0.29) is 18.4 Å². The molecule has 1 aliphatic heterocycles. The van der Waals surface area contributed by atoms with Crippen LogP contribution in [0.25, 0.3) is 0 Å². The standard InChI is InChI=1S/C16H19N3O2/c17-10-13-5-4-6-14(9-13)11-18-15(20)12-19-8-3-1-2-7-16(19)21/h4-6,9H,1-3,7-8,11-12H2,(H,18,20). The van der Waals surface area contributed by atoms with Gasteiger partial charge in [-0.05, 0) is 30.5 Å². The first-order chi connectivity index (χ1) is 10.2. The molecule has 110 valence electrons. The molecule has 21 heavy (non-hydrogen) atoms. The zero-order valence-corrected chi connectivity index (χ0v) is 12.0. The Morgan fingerprint density at radius 3 is 3.00 bits per heavy atom. The number of nitriles is 1. The predicted octanol–water partition coefficient (Wildman–Crippen LogP) is 1.58. The second kappa shape index (κ2) is 7.44. The van der Waals surface area contributed by atoms with Gasteiger partial charge in [0.15, 0.2) is 0 Å². The van der Waals surface area contributed by atoms with Gasteiger partial charge >= 0.3 is 0 Å². The van der Waals surface area contributed by atoms with Gasteiger partial charge in [-0.25, -0.2) is 0 Å². The third-order valence-electron chi connectivity index (χ3n) is 3.55. The summed E-state index contributed by atoms with van der Waals surface area (Å²) in [7, 11) is 0.